The third-order valence-corrected chi connectivity index (χ3v) is 6.29. The van der Waals surface area contributed by atoms with E-state index < -0.39 is 0 Å². The number of hydrogen-bond acceptors (Lipinski definition) is 4. The van der Waals surface area contributed by atoms with Gasteiger partial charge >= 0.3 is 0 Å². The molecule has 0 saturated carbocycles. The lowest BCUT2D eigenvalue weighted by atomic mass is 9.87. The van der Waals surface area contributed by atoms with Crippen LogP contribution in [0.4, 0.5) is 0 Å². The fraction of sp³-hybridized carbons (Fsp3) is 0.950. The van der Waals surface area contributed by atoms with E-state index in [0.29, 0.717) is 11.3 Å². The lowest BCUT2D eigenvalue weighted by molar-refractivity contribution is 0.125. The Labute approximate surface area is 159 Å². The van der Waals surface area contributed by atoms with Crippen molar-refractivity contribution in [2.45, 2.75) is 33.6 Å². The molecular weight excluding hydrogens is 326 g/mol. The molecule has 6 nitrogen and oxygen atoms in total. The summed E-state index contributed by atoms with van der Waals surface area (Å²) in [5.74, 6) is 1.71. The third kappa shape index (κ3) is 5.11. The molecule has 3 heterocycles. The molecule has 0 aromatic heterocycles. The minimum absolute atomic E-state index is 0.390. The Balaban J connectivity index is 1.48. The molecule has 0 bridgehead atoms. The average Bonchev–Trinajstić information content (AvgIpc) is 3.29. The minimum atomic E-state index is 0.390. The SMILES string of the molecule is CCNC(=NCC(C)CN1CCN(CC)CC1)N1CCC2(CCOC2)C1. The first kappa shape index (κ1) is 19.9. The zero-order valence-corrected chi connectivity index (χ0v) is 17.2. The maximum atomic E-state index is 5.67. The van der Waals surface area contributed by atoms with E-state index in [1.54, 1.807) is 0 Å². The van der Waals surface area contributed by atoms with Crippen LogP contribution in [-0.4, -0.2) is 99.3 Å². The second-order valence-corrected chi connectivity index (χ2v) is 8.51. The van der Waals surface area contributed by atoms with Gasteiger partial charge < -0.3 is 24.8 Å². The van der Waals surface area contributed by atoms with Crippen molar-refractivity contribution in [1.82, 2.24) is 20.0 Å². The minimum Gasteiger partial charge on any atom is -0.381 e. The highest BCUT2D eigenvalue weighted by Gasteiger charge is 2.42. The van der Waals surface area contributed by atoms with Gasteiger partial charge in [0.15, 0.2) is 5.96 Å². The van der Waals surface area contributed by atoms with Crippen LogP contribution in [-0.2, 0) is 4.74 Å². The smallest absolute Gasteiger partial charge is 0.193 e. The number of aliphatic imine (C=N–C) groups is 1. The van der Waals surface area contributed by atoms with Crippen molar-refractivity contribution < 1.29 is 4.74 Å². The molecule has 26 heavy (non-hydrogen) atoms. The number of likely N-dealkylation sites (tertiary alicyclic amines) is 1. The number of hydrogen-bond donors (Lipinski definition) is 1. The van der Waals surface area contributed by atoms with Crippen molar-refractivity contribution in [3.63, 3.8) is 0 Å². The molecule has 3 saturated heterocycles. The van der Waals surface area contributed by atoms with Crippen LogP contribution in [0.1, 0.15) is 33.6 Å². The van der Waals surface area contributed by atoms with Crippen molar-refractivity contribution in [2.75, 3.05) is 78.7 Å². The van der Waals surface area contributed by atoms with Crippen molar-refractivity contribution in [3.8, 4) is 0 Å². The zero-order valence-electron chi connectivity index (χ0n) is 17.2. The van der Waals surface area contributed by atoms with Crippen LogP contribution in [0.2, 0.25) is 0 Å². The second kappa shape index (κ2) is 9.38. The van der Waals surface area contributed by atoms with Gasteiger partial charge in [-0.25, -0.2) is 0 Å². The molecule has 1 spiro atoms. The molecule has 0 aliphatic carbocycles. The Hall–Kier alpha value is -0.850. The Morgan fingerprint density at radius 1 is 1.12 bits per heavy atom. The molecule has 3 fully saturated rings. The quantitative estimate of drug-likeness (QED) is 0.568. The fourth-order valence-electron chi connectivity index (χ4n) is 4.54. The number of likely N-dealkylation sites (N-methyl/N-ethyl adjacent to an activating group) is 1. The van der Waals surface area contributed by atoms with Crippen LogP contribution in [0.5, 0.6) is 0 Å². The van der Waals surface area contributed by atoms with Crippen LogP contribution in [0, 0.1) is 11.3 Å². The van der Waals surface area contributed by atoms with Crippen molar-refractivity contribution in [1.29, 1.82) is 0 Å². The summed E-state index contributed by atoms with van der Waals surface area (Å²) in [4.78, 5) is 12.6. The van der Waals surface area contributed by atoms with Gasteiger partial charge in [0.05, 0.1) is 6.61 Å². The molecule has 2 atom stereocenters. The summed E-state index contributed by atoms with van der Waals surface area (Å²) in [6, 6.07) is 0. The van der Waals surface area contributed by atoms with Crippen LogP contribution in [0.15, 0.2) is 4.99 Å². The standard InChI is InChI=1S/C20H39N5O/c1-4-21-19(25-8-6-20(16-25)7-13-26-17-20)22-14-18(3)15-24-11-9-23(5-2)10-12-24/h18H,4-17H2,1-3H3,(H,21,22). The summed E-state index contributed by atoms with van der Waals surface area (Å²) in [6.45, 7) is 19.9. The van der Waals surface area contributed by atoms with Gasteiger partial charge in [0, 0.05) is 70.9 Å². The van der Waals surface area contributed by atoms with Gasteiger partial charge in [-0.2, -0.15) is 0 Å². The molecule has 0 aromatic rings. The lowest BCUT2D eigenvalue weighted by Crippen LogP contribution is -2.47. The Bertz CT molecular complexity index is 455. The maximum Gasteiger partial charge on any atom is 0.193 e. The Kier molecular flexibility index (Phi) is 7.18. The molecule has 0 amide bonds. The van der Waals surface area contributed by atoms with Gasteiger partial charge in [0.2, 0.25) is 0 Å². The van der Waals surface area contributed by atoms with E-state index in [0.717, 1.165) is 51.9 Å². The topological polar surface area (TPSA) is 43.3 Å². The molecule has 2 unspecified atom stereocenters. The fourth-order valence-corrected chi connectivity index (χ4v) is 4.54. The first-order valence-electron chi connectivity index (χ1n) is 10.7. The van der Waals surface area contributed by atoms with Crippen LogP contribution in [0.3, 0.4) is 0 Å². The summed E-state index contributed by atoms with van der Waals surface area (Å²) in [7, 11) is 0. The zero-order chi connectivity index (χ0) is 18.4. The largest absolute Gasteiger partial charge is 0.381 e. The molecule has 6 heteroatoms. The summed E-state index contributed by atoms with van der Waals surface area (Å²) in [5, 5.41) is 3.52. The number of piperazine rings is 1. The summed E-state index contributed by atoms with van der Waals surface area (Å²) in [6.07, 6.45) is 2.46. The maximum absolute atomic E-state index is 5.67. The van der Waals surface area contributed by atoms with Gasteiger partial charge in [-0.1, -0.05) is 13.8 Å². The Morgan fingerprint density at radius 3 is 2.54 bits per heavy atom. The van der Waals surface area contributed by atoms with Crippen LogP contribution < -0.4 is 5.32 Å². The number of nitrogens with zero attached hydrogens (tertiary/aromatic N) is 4. The van der Waals surface area contributed by atoms with Gasteiger partial charge in [0.1, 0.15) is 0 Å². The molecule has 0 aromatic carbocycles. The van der Waals surface area contributed by atoms with E-state index in [1.165, 1.54) is 45.6 Å². The van der Waals surface area contributed by atoms with Crippen molar-refractivity contribution >= 4 is 5.96 Å². The number of rotatable bonds is 6. The average molecular weight is 366 g/mol. The predicted octanol–water partition coefficient (Wildman–Crippen LogP) is 1.34. The first-order chi connectivity index (χ1) is 12.6. The molecule has 3 aliphatic rings. The van der Waals surface area contributed by atoms with Crippen LogP contribution >= 0.6 is 0 Å². The summed E-state index contributed by atoms with van der Waals surface area (Å²) in [5.41, 5.74) is 0.390. The van der Waals surface area contributed by atoms with E-state index in [-0.39, 0.29) is 0 Å². The summed E-state index contributed by atoms with van der Waals surface area (Å²) < 4.78 is 5.67. The van der Waals surface area contributed by atoms with Crippen molar-refractivity contribution in [3.05, 3.63) is 0 Å². The van der Waals surface area contributed by atoms with E-state index >= 15 is 0 Å². The van der Waals surface area contributed by atoms with E-state index in [9.17, 15) is 0 Å². The number of guanidine groups is 1. The molecular formula is C20H39N5O. The summed E-state index contributed by atoms with van der Waals surface area (Å²) >= 11 is 0. The van der Waals surface area contributed by atoms with Gasteiger partial charge in [0.25, 0.3) is 0 Å². The van der Waals surface area contributed by atoms with E-state index in [1.807, 2.05) is 0 Å². The highest BCUT2D eigenvalue weighted by Crippen LogP contribution is 2.38. The number of ether oxygens (including phenoxy) is 1. The van der Waals surface area contributed by atoms with Gasteiger partial charge in [-0.05, 0) is 32.2 Å². The third-order valence-electron chi connectivity index (χ3n) is 6.29. The predicted molar refractivity (Wildman–Crippen MR) is 108 cm³/mol. The highest BCUT2D eigenvalue weighted by molar-refractivity contribution is 5.80. The Morgan fingerprint density at radius 2 is 1.88 bits per heavy atom. The molecule has 0 radical (unpaired) electrons. The molecule has 3 rings (SSSR count). The molecule has 3 aliphatic heterocycles. The lowest BCUT2D eigenvalue weighted by Gasteiger charge is -2.35. The van der Waals surface area contributed by atoms with Crippen molar-refractivity contribution in [2.24, 2.45) is 16.3 Å². The molecule has 1 N–H and O–H groups in total. The highest BCUT2D eigenvalue weighted by atomic mass is 16.5. The molecule has 150 valence electrons. The van der Waals surface area contributed by atoms with Crippen LogP contribution in [0.25, 0.3) is 0 Å². The van der Waals surface area contributed by atoms with E-state index in [2.05, 4.69) is 40.8 Å². The normalized spacial score (nSPS) is 29.7. The first-order valence-corrected chi connectivity index (χ1v) is 10.7. The monoisotopic (exact) mass is 365 g/mol. The number of nitrogens with one attached hydrogen (secondary N) is 1. The van der Waals surface area contributed by atoms with E-state index in [4.69, 9.17) is 9.73 Å². The van der Waals surface area contributed by atoms with Gasteiger partial charge in [-0.3, -0.25) is 4.99 Å². The second-order valence-electron chi connectivity index (χ2n) is 8.51. The van der Waals surface area contributed by atoms with Gasteiger partial charge in [-0.15, -0.1) is 0 Å².